The van der Waals surface area contributed by atoms with Crippen LogP contribution in [-0.4, -0.2) is 72.7 Å². The lowest BCUT2D eigenvalue weighted by Crippen LogP contribution is -2.60. The monoisotopic (exact) mass is 548 g/mol. The van der Waals surface area contributed by atoms with Gasteiger partial charge in [-0.25, -0.2) is 23.1 Å². The summed E-state index contributed by atoms with van der Waals surface area (Å²) in [5, 5.41) is 15.1. The molecule has 1 amide bonds. The van der Waals surface area contributed by atoms with E-state index in [1.54, 1.807) is 11.1 Å². The number of carbonyl (C=O) groups excluding carboxylic acids is 1. The number of hydrogen-bond donors (Lipinski definition) is 1. The molecule has 1 aliphatic heterocycles. The number of nitrogens with zero attached hydrogens (tertiary/aromatic N) is 7. The lowest BCUT2D eigenvalue weighted by Gasteiger charge is -2.52. The molecule has 4 heterocycles. The van der Waals surface area contributed by atoms with Gasteiger partial charge in [0.1, 0.15) is 17.8 Å². The Morgan fingerprint density at radius 2 is 1.98 bits per heavy atom. The fourth-order valence-corrected chi connectivity index (χ4v) is 5.86. The second kappa shape index (κ2) is 9.75. The van der Waals surface area contributed by atoms with Crippen LogP contribution in [0, 0.1) is 17.1 Å². The summed E-state index contributed by atoms with van der Waals surface area (Å²) < 4.78 is 43.4. The quantitative estimate of drug-likeness (QED) is 0.385. The molecule has 4 aromatic rings. The van der Waals surface area contributed by atoms with Crippen LogP contribution in [0.1, 0.15) is 42.1 Å². The first-order chi connectivity index (χ1) is 19.2. The van der Waals surface area contributed by atoms with Crippen LogP contribution < -0.4 is 0 Å². The number of halogens is 3. The van der Waals surface area contributed by atoms with Crippen molar-refractivity contribution < 1.29 is 18.0 Å². The molecule has 6 rings (SSSR count). The fraction of sp³-hybridized carbons (Fsp3) is 0.393. The number of rotatable bonds is 6. The number of aromatic amines is 1. The Labute approximate surface area is 228 Å². The molecule has 0 bridgehead atoms. The van der Waals surface area contributed by atoms with Gasteiger partial charge in [-0.1, -0.05) is 6.07 Å². The van der Waals surface area contributed by atoms with Gasteiger partial charge in [-0.05, 0) is 31.0 Å². The zero-order chi connectivity index (χ0) is 28.1. The summed E-state index contributed by atoms with van der Waals surface area (Å²) in [4.78, 5) is 28.5. The molecular formula is C28H27F3N8O. The largest absolute Gasteiger partial charge is 0.346 e. The molecule has 0 radical (unpaired) electrons. The summed E-state index contributed by atoms with van der Waals surface area (Å²) in [5.74, 6) is -4.62. The smallest absolute Gasteiger partial charge is 0.270 e. The second-order valence-corrected chi connectivity index (χ2v) is 10.7. The lowest BCUT2D eigenvalue weighted by molar-refractivity contribution is -0.0158. The summed E-state index contributed by atoms with van der Waals surface area (Å²) in [5.41, 5.74) is 1.28. The van der Waals surface area contributed by atoms with Gasteiger partial charge in [0.2, 0.25) is 0 Å². The highest BCUT2D eigenvalue weighted by Gasteiger charge is 2.49. The van der Waals surface area contributed by atoms with E-state index in [1.165, 1.54) is 6.33 Å². The molecule has 1 saturated heterocycles. The summed E-state index contributed by atoms with van der Waals surface area (Å²) in [7, 11) is 0. The number of nitriles is 1. The second-order valence-electron chi connectivity index (χ2n) is 10.7. The zero-order valence-electron chi connectivity index (χ0n) is 21.8. The maximum atomic E-state index is 14.5. The van der Waals surface area contributed by atoms with Crippen molar-refractivity contribution in [2.75, 3.05) is 26.2 Å². The minimum absolute atomic E-state index is 0.201. The Bertz CT molecular complexity index is 1600. The third-order valence-corrected chi connectivity index (χ3v) is 8.16. The summed E-state index contributed by atoms with van der Waals surface area (Å²) in [6.07, 6.45) is 8.81. The number of hydrogen-bond acceptors (Lipinski definition) is 6. The van der Waals surface area contributed by atoms with Gasteiger partial charge in [-0.2, -0.15) is 10.4 Å². The van der Waals surface area contributed by atoms with Crippen molar-refractivity contribution in [3.8, 4) is 17.3 Å². The topological polar surface area (TPSA) is 107 Å². The maximum Gasteiger partial charge on any atom is 0.270 e. The predicted octanol–water partition coefficient (Wildman–Crippen LogP) is 4.30. The SMILES string of the molecule is CC(F)(F)c1ccc(C(=O)N2CCN(C3CC(CC#N)(n4cc(-c5ncnc6[nH]ccc56)cn4)C3)CC2)c(F)c1. The van der Waals surface area contributed by atoms with E-state index in [1.807, 2.05) is 23.1 Å². The van der Waals surface area contributed by atoms with E-state index in [4.69, 9.17) is 0 Å². The van der Waals surface area contributed by atoms with Crippen molar-refractivity contribution in [2.24, 2.45) is 0 Å². The van der Waals surface area contributed by atoms with E-state index in [0.717, 1.165) is 53.3 Å². The number of benzene rings is 1. The normalized spacial score (nSPS) is 21.8. The van der Waals surface area contributed by atoms with E-state index in [-0.39, 0.29) is 11.6 Å². The summed E-state index contributed by atoms with van der Waals surface area (Å²) in [6.45, 7) is 2.69. The van der Waals surface area contributed by atoms with Gasteiger partial charge in [-0.15, -0.1) is 0 Å². The number of nitrogens with one attached hydrogen (secondary N) is 1. The number of carbonyl (C=O) groups is 1. The number of aromatic nitrogens is 5. The van der Waals surface area contributed by atoms with E-state index in [0.29, 0.717) is 39.5 Å². The number of fused-ring (bicyclic) bond motifs is 1. The molecule has 1 N–H and O–H groups in total. The fourth-order valence-electron chi connectivity index (χ4n) is 5.86. The number of H-pyrrole nitrogens is 1. The molecule has 12 heteroatoms. The summed E-state index contributed by atoms with van der Waals surface area (Å²) >= 11 is 0. The Morgan fingerprint density at radius 3 is 2.67 bits per heavy atom. The maximum absolute atomic E-state index is 14.5. The third kappa shape index (κ3) is 4.50. The van der Waals surface area contributed by atoms with Crippen molar-refractivity contribution >= 4 is 16.9 Å². The Hall–Kier alpha value is -4.24. The number of piperazine rings is 1. The van der Waals surface area contributed by atoms with Crippen LogP contribution in [0.2, 0.25) is 0 Å². The lowest BCUT2D eigenvalue weighted by atomic mass is 9.70. The molecule has 0 spiro atoms. The first-order valence-electron chi connectivity index (χ1n) is 13.1. The van der Waals surface area contributed by atoms with Gasteiger partial charge in [-0.3, -0.25) is 14.4 Å². The van der Waals surface area contributed by atoms with Crippen molar-refractivity contribution in [1.82, 2.24) is 34.5 Å². The highest BCUT2D eigenvalue weighted by atomic mass is 19.3. The molecule has 2 aliphatic rings. The van der Waals surface area contributed by atoms with Crippen molar-refractivity contribution in [1.29, 1.82) is 5.26 Å². The Kier molecular flexibility index (Phi) is 6.34. The first kappa shape index (κ1) is 26.0. The molecule has 206 valence electrons. The molecule has 0 atom stereocenters. The van der Waals surface area contributed by atoms with Gasteiger partial charge in [0.05, 0.1) is 35.5 Å². The average molecular weight is 549 g/mol. The minimum atomic E-state index is -3.18. The van der Waals surface area contributed by atoms with Gasteiger partial charge in [0, 0.05) is 68.1 Å². The molecule has 1 aliphatic carbocycles. The molecule has 0 unspecified atom stereocenters. The molecule has 2 fully saturated rings. The van der Waals surface area contributed by atoms with E-state index < -0.39 is 28.7 Å². The van der Waals surface area contributed by atoms with Crippen LogP contribution in [0.25, 0.3) is 22.3 Å². The predicted molar refractivity (Wildman–Crippen MR) is 140 cm³/mol. The Morgan fingerprint density at radius 1 is 1.20 bits per heavy atom. The first-order valence-corrected chi connectivity index (χ1v) is 13.1. The average Bonchev–Trinajstić information content (AvgIpc) is 3.60. The number of amides is 1. The van der Waals surface area contributed by atoms with Crippen molar-refractivity contribution in [2.45, 2.75) is 43.7 Å². The standard InChI is InChI=1S/C28H27F3N8O/c1-27(30,31)19-2-3-21(23(29)12-19)26(40)38-10-8-37(9-11-38)20-13-28(14-20,5-6-32)39-16-18(15-36-39)24-22-4-7-33-25(22)35-17-34-24/h2-4,7,12,15-17,20H,5,8-11,13-14H2,1H3,(H,33,34,35). The number of alkyl halides is 2. The molecular weight excluding hydrogens is 521 g/mol. The molecule has 3 aromatic heterocycles. The highest BCUT2D eigenvalue weighted by Crippen LogP contribution is 2.45. The Balaban J connectivity index is 1.10. The molecule has 1 saturated carbocycles. The van der Waals surface area contributed by atoms with Gasteiger partial charge >= 0.3 is 0 Å². The van der Waals surface area contributed by atoms with Gasteiger partial charge in [0.25, 0.3) is 11.8 Å². The minimum Gasteiger partial charge on any atom is -0.346 e. The van der Waals surface area contributed by atoms with Crippen LogP contribution in [0.15, 0.2) is 49.2 Å². The van der Waals surface area contributed by atoms with E-state index >= 15 is 0 Å². The van der Waals surface area contributed by atoms with Crippen molar-refractivity contribution in [3.63, 3.8) is 0 Å². The van der Waals surface area contributed by atoms with Gasteiger partial charge < -0.3 is 9.88 Å². The van der Waals surface area contributed by atoms with Crippen LogP contribution in [0.5, 0.6) is 0 Å². The summed E-state index contributed by atoms with van der Waals surface area (Å²) in [6, 6.07) is 7.43. The molecule has 40 heavy (non-hydrogen) atoms. The van der Waals surface area contributed by atoms with Gasteiger partial charge in [0.15, 0.2) is 0 Å². The van der Waals surface area contributed by atoms with Crippen LogP contribution >= 0.6 is 0 Å². The molecule has 1 aromatic carbocycles. The van der Waals surface area contributed by atoms with Crippen LogP contribution in [0.3, 0.4) is 0 Å². The zero-order valence-corrected chi connectivity index (χ0v) is 21.8. The highest BCUT2D eigenvalue weighted by molar-refractivity contribution is 5.94. The van der Waals surface area contributed by atoms with Crippen molar-refractivity contribution in [3.05, 3.63) is 66.1 Å². The third-order valence-electron chi connectivity index (χ3n) is 8.16. The van der Waals surface area contributed by atoms with Crippen LogP contribution in [-0.2, 0) is 11.5 Å². The van der Waals surface area contributed by atoms with Crippen LogP contribution in [0.4, 0.5) is 13.2 Å². The van der Waals surface area contributed by atoms with E-state index in [2.05, 4.69) is 31.0 Å². The van der Waals surface area contributed by atoms with E-state index in [9.17, 15) is 23.2 Å². The molecule has 9 nitrogen and oxygen atoms in total.